The average Bonchev–Trinajstić information content (AvgIpc) is 2.69. The van der Waals surface area contributed by atoms with Crippen molar-refractivity contribution in [1.82, 2.24) is 9.80 Å². The molecular weight excluding hydrogens is 370 g/mol. The normalized spacial score (nSPS) is 14.8. The highest BCUT2D eigenvalue weighted by Crippen LogP contribution is 2.24. The molecule has 0 saturated carbocycles. The van der Waals surface area contributed by atoms with E-state index in [1.807, 2.05) is 24.3 Å². The Morgan fingerprint density at radius 1 is 1.15 bits per heavy atom. The Labute approximate surface area is 162 Å². The maximum atomic E-state index is 12.7. The van der Waals surface area contributed by atoms with Gasteiger partial charge in [0.15, 0.2) is 0 Å². The summed E-state index contributed by atoms with van der Waals surface area (Å²) in [6, 6.07) is 11.9. The van der Waals surface area contributed by atoms with E-state index in [9.17, 15) is 14.9 Å². The van der Waals surface area contributed by atoms with Gasteiger partial charge in [-0.15, -0.1) is 0 Å². The number of carbonyl (C=O) groups excluding carboxylic acids is 1. The minimum atomic E-state index is -0.528. The van der Waals surface area contributed by atoms with Gasteiger partial charge in [-0.2, -0.15) is 0 Å². The average molecular weight is 390 g/mol. The molecule has 0 atom stereocenters. The topological polar surface area (TPSA) is 75.9 Å². The minimum absolute atomic E-state index is 0.138. The van der Waals surface area contributed by atoms with Gasteiger partial charge in [-0.1, -0.05) is 23.7 Å². The lowest BCUT2D eigenvalue weighted by Gasteiger charge is -2.35. The van der Waals surface area contributed by atoms with E-state index in [0.717, 1.165) is 25.4 Å². The lowest BCUT2D eigenvalue weighted by molar-refractivity contribution is -0.384. The van der Waals surface area contributed by atoms with Gasteiger partial charge < -0.3 is 9.64 Å². The van der Waals surface area contributed by atoms with Crippen molar-refractivity contribution in [1.29, 1.82) is 0 Å². The van der Waals surface area contributed by atoms with E-state index in [4.69, 9.17) is 16.3 Å². The number of carbonyl (C=O) groups is 1. The molecule has 1 amide bonds. The van der Waals surface area contributed by atoms with Gasteiger partial charge in [-0.05, 0) is 23.8 Å². The molecule has 3 rings (SSSR count). The van der Waals surface area contributed by atoms with Gasteiger partial charge in [-0.25, -0.2) is 0 Å². The number of rotatable bonds is 5. The lowest BCUT2D eigenvalue weighted by atomic mass is 10.1. The fourth-order valence-electron chi connectivity index (χ4n) is 3.06. The zero-order chi connectivity index (χ0) is 19.4. The number of hydrogen-bond donors (Lipinski definition) is 0. The van der Waals surface area contributed by atoms with Crippen molar-refractivity contribution in [3.63, 3.8) is 0 Å². The number of benzene rings is 2. The van der Waals surface area contributed by atoms with Gasteiger partial charge >= 0.3 is 0 Å². The summed E-state index contributed by atoms with van der Waals surface area (Å²) in [7, 11) is 1.64. The van der Waals surface area contributed by atoms with Crippen LogP contribution in [-0.2, 0) is 6.54 Å². The molecule has 0 radical (unpaired) electrons. The molecule has 1 aliphatic heterocycles. The summed E-state index contributed by atoms with van der Waals surface area (Å²) in [5.74, 6) is 0.552. The van der Waals surface area contributed by atoms with Crippen molar-refractivity contribution in [3.05, 3.63) is 68.7 Å². The monoisotopic (exact) mass is 389 g/mol. The predicted octanol–water partition coefficient (Wildman–Crippen LogP) is 3.21. The van der Waals surface area contributed by atoms with Crippen LogP contribution in [0.15, 0.2) is 42.5 Å². The SMILES string of the molecule is COc1ccc(CN2CCN(C(=O)c3cc([N+](=O)[O-])ccc3Cl)CC2)cc1. The number of piperazine rings is 1. The molecule has 0 bridgehead atoms. The first-order valence-corrected chi connectivity index (χ1v) is 8.94. The fourth-order valence-corrected chi connectivity index (χ4v) is 3.26. The number of hydrogen-bond acceptors (Lipinski definition) is 5. The first-order valence-electron chi connectivity index (χ1n) is 8.56. The van der Waals surface area contributed by atoms with Crippen LogP contribution in [0, 0.1) is 10.1 Å². The third-order valence-electron chi connectivity index (χ3n) is 4.62. The van der Waals surface area contributed by atoms with Crippen molar-refractivity contribution < 1.29 is 14.5 Å². The Morgan fingerprint density at radius 2 is 1.81 bits per heavy atom. The van der Waals surface area contributed by atoms with Crippen LogP contribution in [0.25, 0.3) is 0 Å². The Hall–Kier alpha value is -2.64. The molecule has 1 saturated heterocycles. The number of methoxy groups -OCH3 is 1. The van der Waals surface area contributed by atoms with Crippen molar-refractivity contribution in [2.24, 2.45) is 0 Å². The van der Waals surface area contributed by atoms with Crippen molar-refractivity contribution in [2.75, 3.05) is 33.3 Å². The molecule has 27 heavy (non-hydrogen) atoms. The quantitative estimate of drug-likeness (QED) is 0.579. The third kappa shape index (κ3) is 4.56. The van der Waals surface area contributed by atoms with Crippen LogP contribution < -0.4 is 4.74 Å². The van der Waals surface area contributed by atoms with E-state index < -0.39 is 4.92 Å². The third-order valence-corrected chi connectivity index (χ3v) is 4.95. The molecule has 142 valence electrons. The van der Waals surface area contributed by atoms with Gasteiger partial charge in [-0.3, -0.25) is 19.8 Å². The maximum absolute atomic E-state index is 12.7. The van der Waals surface area contributed by atoms with Gasteiger partial charge in [0, 0.05) is 44.9 Å². The highest BCUT2D eigenvalue weighted by Gasteiger charge is 2.25. The zero-order valence-electron chi connectivity index (χ0n) is 14.9. The van der Waals surface area contributed by atoms with Gasteiger partial charge in [0.1, 0.15) is 5.75 Å². The molecule has 1 fully saturated rings. The molecule has 0 aromatic heterocycles. The summed E-state index contributed by atoms with van der Waals surface area (Å²) in [5.41, 5.74) is 1.22. The van der Waals surface area contributed by atoms with Crippen LogP contribution in [0.5, 0.6) is 5.75 Å². The number of ether oxygens (including phenoxy) is 1. The second-order valence-corrected chi connectivity index (χ2v) is 6.74. The van der Waals surface area contributed by atoms with Crippen LogP contribution in [0.3, 0.4) is 0 Å². The van der Waals surface area contributed by atoms with Crippen LogP contribution in [-0.4, -0.2) is 53.9 Å². The van der Waals surface area contributed by atoms with Crippen molar-refractivity contribution in [2.45, 2.75) is 6.54 Å². The van der Waals surface area contributed by atoms with Crippen LogP contribution >= 0.6 is 11.6 Å². The Balaban J connectivity index is 1.60. The standard InChI is InChI=1S/C19H20ClN3O4/c1-27-16-5-2-14(3-6-16)13-21-8-10-22(11-9-21)19(24)17-12-15(23(25)26)4-7-18(17)20/h2-7,12H,8-11,13H2,1H3. The van der Waals surface area contributed by atoms with Crippen molar-refractivity contribution >= 4 is 23.2 Å². The fraction of sp³-hybridized carbons (Fsp3) is 0.316. The number of nitro benzene ring substituents is 1. The number of nitrogens with zero attached hydrogens (tertiary/aromatic N) is 3. The van der Waals surface area contributed by atoms with Crippen LogP contribution in [0.2, 0.25) is 5.02 Å². The molecule has 1 aliphatic rings. The minimum Gasteiger partial charge on any atom is -0.497 e. The number of halogens is 1. The van der Waals surface area contributed by atoms with Gasteiger partial charge in [0.05, 0.1) is 22.6 Å². The lowest BCUT2D eigenvalue weighted by Crippen LogP contribution is -2.48. The molecule has 0 N–H and O–H groups in total. The van der Waals surface area contributed by atoms with Crippen molar-refractivity contribution in [3.8, 4) is 5.75 Å². The summed E-state index contributed by atoms with van der Waals surface area (Å²) < 4.78 is 5.16. The molecule has 2 aromatic carbocycles. The molecule has 7 nitrogen and oxygen atoms in total. The summed E-state index contributed by atoms with van der Waals surface area (Å²) in [4.78, 5) is 27.1. The summed E-state index contributed by atoms with van der Waals surface area (Å²) in [6.45, 7) is 3.35. The van der Waals surface area contributed by atoms with E-state index >= 15 is 0 Å². The molecule has 8 heteroatoms. The second-order valence-electron chi connectivity index (χ2n) is 6.34. The number of non-ortho nitro benzene ring substituents is 1. The largest absolute Gasteiger partial charge is 0.497 e. The van der Waals surface area contributed by atoms with E-state index in [0.29, 0.717) is 13.1 Å². The summed E-state index contributed by atoms with van der Waals surface area (Å²) >= 11 is 6.08. The molecule has 2 aromatic rings. The van der Waals surface area contributed by atoms with Crippen LogP contribution in [0.4, 0.5) is 5.69 Å². The zero-order valence-corrected chi connectivity index (χ0v) is 15.7. The highest BCUT2D eigenvalue weighted by molar-refractivity contribution is 6.33. The van der Waals surface area contributed by atoms with E-state index in [1.165, 1.54) is 23.8 Å². The molecule has 0 unspecified atom stereocenters. The highest BCUT2D eigenvalue weighted by atomic mass is 35.5. The first kappa shape index (κ1) is 19.1. The maximum Gasteiger partial charge on any atom is 0.270 e. The van der Waals surface area contributed by atoms with Gasteiger partial charge in [0.25, 0.3) is 11.6 Å². The Bertz CT molecular complexity index is 833. The second kappa shape index (κ2) is 8.37. The number of nitro groups is 1. The molecular formula is C19H20ClN3O4. The van der Waals surface area contributed by atoms with E-state index in [-0.39, 0.29) is 22.2 Å². The smallest absolute Gasteiger partial charge is 0.270 e. The molecule has 0 spiro atoms. The first-order chi connectivity index (χ1) is 13.0. The van der Waals surface area contributed by atoms with Crippen LogP contribution in [0.1, 0.15) is 15.9 Å². The summed E-state index contributed by atoms with van der Waals surface area (Å²) in [6.07, 6.45) is 0. The van der Waals surface area contributed by atoms with E-state index in [1.54, 1.807) is 12.0 Å². The molecule has 0 aliphatic carbocycles. The Kier molecular flexibility index (Phi) is 5.93. The Morgan fingerprint density at radius 3 is 2.41 bits per heavy atom. The predicted molar refractivity (Wildman–Crippen MR) is 102 cm³/mol. The van der Waals surface area contributed by atoms with Gasteiger partial charge in [0.2, 0.25) is 0 Å². The summed E-state index contributed by atoms with van der Waals surface area (Å²) in [5, 5.41) is 11.2. The molecule has 1 heterocycles. The van der Waals surface area contributed by atoms with E-state index in [2.05, 4.69) is 4.90 Å². The number of amides is 1.